The van der Waals surface area contributed by atoms with Crippen molar-refractivity contribution < 1.29 is 13.2 Å². The number of halogens is 3. The molecule has 0 aromatic heterocycles. The molecule has 2 aliphatic rings. The van der Waals surface area contributed by atoms with E-state index in [-0.39, 0.29) is 5.92 Å². The SMILES string of the molecule is FC(F)(F)[C@H]1NC[C@H]2C[C@H]21. The van der Waals surface area contributed by atoms with Crippen LogP contribution in [0.5, 0.6) is 0 Å². The molecule has 1 N–H and O–H groups in total. The summed E-state index contributed by atoms with van der Waals surface area (Å²) in [6.07, 6.45) is -3.24. The highest BCUT2D eigenvalue weighted by molar-refractivity contribution is 5.04. The largest absolute Gasteiger partial charge is 0.404 e. The zero-order chi connectivity index (χ0) is 7.35. The summed E-state index contributed by atoms with van der Waals surface area (Å²) in [4.78, 5) is 0. The van der Waals surface area contributed by atoms with Crippen LogP contribution in [-0.4, -0.2) is 18.8 Å². The van der Waals surface area contributed by atoms with E-state index >= 15 is 0 Å². The van der Waals surface area contributed by atoms with E-state index in [4.69, 9.17) is 0 Å². The number of rotatable bonds is 0. The maximum atomic E-state index is 12.0. The minimum Gasteiger partial charge on any atom is -0.306 e. The second kappa shape index (κ2) is 1.67. The highest BCUT2D eigenvalue weighted by Gasteiger charge is 2.58. The lowest BCUT2D eigenvalue weighted by Crippen LogP contribution is -2.40. The summed E-state index contributed by atoms with van der Waals surface area (Å²) in [5, 5.41) is 2.47. The van der Waals surface area contributed by atoms with E-state index in [0.717, 1.165) is 6.42 Å². The van der Waals surface area contributed by atoms with E-state index in [1.807, 2.05) is 0 Å². The molecule has 2 rings (SSSR count). The van der Waals surface area contributed by atoms with Crippen molar-refractivity contribution in [1.29, 1.82) is 0 Å². The predicted molar refractivity (Wildman–Crippen MR) is 29.4 cm³/mol. The second-order valence-electron chi connectivity index (χ2n) is 3.09. The van der Waals surface area contributed by atoms with Gasteiger partial charge in [0, 0.05) is 0 Å². The molecular formula is C6H8F3N. The van der Waals surface area contributed by atoms with Crippen LogP contribution in [-0.2, 0) is 0 Å². The average molecular weight is 151 g/mol. The molecule has 4 heteroatoms. The van der Waals surface area contributed by atoms with Gasteiger partial charge in [-0.25, -0.2) is 0 Å². The third-order valence-corrected chi connectivity index (χ3v) is 2.36. The Morgan fingerprint density at radius 1 is 1.30 bits per heavy atom. The minimum atomic E-state index is -4.02. The van der Waals surface area contributed by atoms with Crippen LogP contribution in [0.25, 0.3) is 0 Å². The molecule has 0 bridgehead atoms. The molecule has 0 spiro atoms. The first kappa shape index (κ1) is 6.46. The maximum absolute atomic E-state index is 12.0. The molecule has 10 heavy (non-hydrogen) atoms. The molecule has 1 saturated heterocycles. The monoisotopic (exact) mass is 151 g/mol. The van der Waals surface area contributed by atoms with Gasteiger partial charge >= 0.3 is 6.18 Å². The number of hydrogen-bond donors (Lipinski definition) is 1. The summed E-state index contributed by atoms with van der Waals surface area (Å²) in [6, 6.07) is -1.20. The first-order valence-electron chi connectivity index (χ1n) is 3.39. The number of alkyl halides is 3. The van der Waals surface area contributed by atoms with Gasteiger partial charge in [0.25, 0.3) is 0 Å². The van der Waals surface area contributed by atoms with Crippen LogP contribution in [0.4, 0.5) is 13.2 Å². The predicted octanol–water partition coefficient (Wildman–Crippen LogP) is 1.16. The van der Waals surface area contributed by atoms with Gasteiger partial charge in [-0.3, -0.25) is 0 Å². The van der Waals surface area contributed by atoms with Gasteiger partial charge in [0.1, 0.15) is 6.04 Å². The summed E-state index contributed by atoms with van der Waals surface area (Å²) in [7, 11) is 0. The standard InChI is InChI=1S/C6H8F3N/c7-6(8,9)5-4-1-3(4)2-10-5/h3-5,10H,1-2H2/t3-,4-,5+/m1/s1. The van der Waals surface area contributed by atoms with Gasteiger partial charge in [0.2, 0.25) is 0 Å². The molecule has 1 heterocycles. The smallest absolute Gasteiger partial charge is 0.306 e. The van der Waals surface area contributed by atoms with Gasteiger partial charge < -0.3 is 5.32 Å². The van der Waals surface area contributed by atoms with Crippen LogP contribution < -0.4 is 5.32 Å². The van der Waals surface area contributed by atoms with Gasteiger partial charge in [0.05, 0.1) is 0 Å². The average Bonchev–Trinajstić information content (AvgIpc) is 2.40. The van der Waals surface area contributed by atoms with Gasteiger partial charge in [0.15, 0.2) is 0 Å². The first-order chi connectivity index (χ1) is 4.59. The molecule has 0 radical (unpaired) electrons. The molecule has 3 atom stereocenters. The summed E-state index contributed by atoms with van der Waals surface area (Å²) >= 11 is 0. The van der Waals surface area contributed by atoms with E-state index in [2.05, 4.69) is 5.32 Å². The summed E-state index contributed by atoms with van der Waals surface area (Å²) < 4.78 is 35.9. The molecule has 58 valence electrons. The van der Waals surface area contributed by atoms with Gasteiger partial charge in [-0.15, -0.1) is 0 Å². The van der Waals surface area contributed by atoms with Crippen molar-refractivity contribution in [3.8, 4) is 0 Å². The Morgan fingerprint density at radius 3 is 2.20 bits per heavy atom. The summed E-state index contributed by atoms with van der Waals surface area (Å²) in [5.41, 5.74) is 0. The normalized spacial score (nSPS) is 45.3. The molecule has 1 saturated carbocycles. The molecule has 2 fully saturated rings. The molecule has 0 aromatic rings. The zero-order valence-electron chi connectivity index (χ0n) is 5.28. The number of hydrogen-bond acceptors (Lipinski definition) is 1. The van der Waals surface area contributed by atoms with Crippen molar-refractivity contribution in [1.82, 2.24) is 5.32 Å². The maximum Gasteiger partial charge on any atom is 0.404 e. The zero-order valence-corrected chi connectivity index (χ0v) is 5.28. The van der Waals surface area contributed by atoms with E-state index in [9.17, 15) is 13.2 Å². The van der Waals surface area contributed by atoms with Crippen molar-refractivity contribution in [3.05, 3.63) is 0 Å². The fraction of sp³-hybridized carbons (Fsp3) is 1.00. The van der Waals surface area contributed by atoms with E-state index < -0.39 is 12.2 Å². The molecule has 1 aliphatic carbocycles. The van der Waals surface area contributed by atoms with Crippen molar-refractivity contribution in [2.75, 3.05) is 6.54 Å². The van der Waals surface area contributed by atoms with Gasteiger partial charge in [-0.2, -0.15) is 13.2 Å². The number of fused-ring (bicyclic) bond motifs is 1. The topological polar surface area (TPSA) is 12.0 Å². The van der Waals surface area contributed by atoms with Crippen LogP contribution in [0.3, 0.4) is 0 Å². The van der Waals surface area contributed by atoms with E-state index in [0.29, 0.717) is 12.5 Å². The van der Waals surface area contributed by atoms with Crippen molar-refractivity contribution >= 4 is 0 Å². The van der Waals surface area contributed by atoms with Crippen LogP contribution in [0, 0.1) is 11.8 Å². The molecule has 0 unspecified atom stereocenters. The Bertz CT molecular complexity index is 154. The highest BCUT2D eigenvalue weighted by atomic mass is 19.4. The Balaban J connectivity index is 2.05. The van der Waals surface area contributed by atoms with Crippen LogP contribution >= 0.6 is 0 Å². The van der Waals surface area contributed by atoms with Gasteiger partial charge in [-0.1, -0.05) is 0 Å². The molecular weight excluding hydrogens is 143 g/mol. The third kappa shape index (κ3) is 0.820. The fourth-order valence-electron chi connectivity index (χ4n) is 1.70. The van der Waals surface area contributed by atoms with Crippen LogP contribution in [0.15, 0.2) is 0 Å². The van der Waals surface area contributed by atoms with Gasteiger partial charge in [-0.05, 0) is 24.8 Å². The summed E-state index contributed by atoms with van der Waals surface area (Å²) in [5.74, 6) is 0.228. The van der Waals surface area contributed by atoms with E-state index in [1.165, 1.54) is 0 Å². The lowest BCUT2D eigenvalue weighted by atomic mass is 10.2. The Hall–Kier alpha value is -0.250. The van der Waals surface area contributed by atoms with Crippen LogP contribution in [0.1, 0.15) is 6.42 Å². The molecule has 1 aliphatic heterocycles. The van der Waals surface area contributed by atoms with E-state index in [1.54, 1.807) is 0 Å². The summed E-state index contributed by atoms with van der Waals surface area (Å²) in [6.45, 7) is 0.564. The quantitative estimate of drug-likeness (QED) is 0.547. The molecule has 1 nitrogen and oxygen atoms in total. The minimum absolute atomic E-state index is 0.0972. The van der Waals surface area contributed by atoms with Crippen molar-refractivity contribution in [2.45, 2.75) is 18.6 Å². The lowest BCUT2D eigenvalue weighted by Gasteiger charge is -2.16. The lowest BCUT2D eigenvalue weighted by molar-refractivity contribution is -0.156. The number of nitrogens with one attached hydrogen (secondary N) is 1. The highest BCUT2D eigenvalue weighted by Crippen LogP contribution is 2.49. The fourth-order valence-corrected chi connectivity index (χ4v) is 1.70. The van der Waals surface area contributed by atoms with Crippen LogP contribution in [0.2, 0.25) is 0 Å². The Morgan fingerprint density at radius 2 is 2.00 bits per heavy atom. The number of piperidine rings is 1. The van der Waals surface area contributed by atoms with Crippen molar-refractivity contribution in [2.24, 2.45) is 11.8 Å². The third-order valence-electron chi connectivity index (χ3n) is 2.36. The Kier molecular flexibility index (Phi) is 1.08. The Labute approximate surface area is 56.6 Å². The van der Waals surface area contributed by atoms with Crippen molar-refractivity contribution in [3.63, 3.8) is 0 Å². The first-order valence-corrected chi connectivity index (χ1v) is 3.39. The molecule has 0 amide bonds. The second-order valence-corrected chi connectivity index (χ2v) is 3.09. The molecule has 0 aromatic carbocycles.